The first-order valence-corrected chi connectivity index (χ1v) is 8.38. The summed E-state index contributed by atoms with van der Waals surface area (Å²) in [4.78, 5) is 17.7. The summed E-state index contributed by atoms with van der Waals surface area (Å²) >= 11 is 0. The zero-order valence-electron chi connectivity index (χ0n) is 12.2. The van der Waals surface area contributed by atoms with Crippen LogP contribution in [0.1, 0.15) is 19.8 Å². The van der Waals surface area contributed by atoms with E-state index in [9.17, 15) is 13.2 Å². The molecule has 0 aromatic carbocycles. The van der Waals surface area contributed by atoms with Crippen LogP contribution in [0.25, 0.3) is 0 Å². The van der Waals surface area contributed by atoms with Crippen molar-refractivity contribution in [2.75, 3.05) is 25.5 Å². The Kier molecular flexibility index (Phi) is 4.79. The minimum absolute atomic E-state index is 0.129. The number of nitrogens with one attached hydrogen (secondary N) is 2. The van der Waals surface area contributed by atoms with Crippen LogP contribution in [0.5, 0.6) is 0 Å². The van der Waals surface area contributed by atoms with E-state index in [0.717, 1.165) is 13.0 Å². The van der Waals surface area contributed by atoms with E-state index in [2.05, 4.69) is 15.0 Å². The summed E-state index contributed by atoms with van der Waals surface area (Å²) in [5, 5.41) is 3.23. The highest BCUT2D eigenvalue weighted by molar-refractivity contribution is 7.89. The van der Waals surface area contributed by atoms with Crippen LogP contribution in [-0.4, -0.2) is 50.4 Å². The van der Waals surface area contributed by atoms with Crippen LogP contribution >= 0.6 is 0 Å². The van der Waals surface area contributed by atoms with Crippen LogP contribution in [-0.2, 0) is 14.8 Å². The first kappa shape index (κ1) is 15.7. The molecule has 2 rings (SSSR count). The Morgan fingerprint density at radius 1 is 1.48 bits per heavy atom. The maximum atomic E-state index is 11.6. The molecule has 21 heavy (non-hydrogen) atoms. The summed E-state index contributed by atoms with van der Waals surface area (Å²) in [7, 11) is -2.10. The third-order valence-electron chi connectivity index (χ3n) is 3.51. The molecule has 2 heterocycles. The average molecular weight is 312 g/mol. The number of sulfonamides is 1. The molecule has 1 aliphatic rings. The smallest absolute Gasteiger partial charge is 0.241 e. The minimum Gasteiger partial charge on any atom is -0.365 e. The van der Waals surface area contributed by atoms with Crippen molar-refractivity contribution >= 4 is 21.7 Å². The van der Waals surface area contributed by atoms with Gasteiger partial charge in [-0.1, -0.05) is 6.92 Å². The molecule has 0 saturated carbocycles. The fourth-order valence-corrected chi connectivity index (χ4v) is 2.95. The molecule has 1 aromatic rings. The van der Waals surface area contributed by atoms with Crippen molar-refractivity contribution in [3.05, 3.63) is 18.3 Å². The highest BCUT2D eigenvalue weighted by atomic mass is 32.2. The number of anilines is 1. The van der Waals surface area contributed by atoms with E-state index in [1.165, 1.54) is 19.3 Å². The molecule has 116 valence electrons. The number of pyridine rings is 1. The topological polar surface area (TPSA) is 91.4 Å². The Morgan fingerprint density at radius 3 is 2.81 bits per heavy atom. The van der Waals surface area contributed by atoms with Gasteiger partial charge in [0.1, 0.15) is 10.7 Å². The highest BCUT2D eigenvalue weighted by Gasteiger charge is 2.25. The maximum absolute atomic E-state index is 11.6. The Labute approximate surface area is 124 Å². The maximum Gasteiger partial charge on any atom is 0.241 e. The number of carbonyl (C=O) groups excluding carboxylic acids is 1. The van der Waals surface area contributed by atoms with Crippen LogP contribution in [0.15, 0.2) is 23.2 Å². The molecule has 0 spiro atoms. The Bertz CT molecular complexity index is 600. The summed E-state index contributed by atoms with van der Waals surface area (Å²) in [5.41, 5.74) is 0. The number of likely N-dealkylation sites (tertiary alicyclic amines) is 1. The average Bonchev–Trinajstić information content (AvgIpc) is 2.95. The van der Waals surface area contributed by atoms with Crippen molar-refractivity contribution in [1.82, 2.24) is 14.6 Å². The van der Waals surface area contributed by atoms with E-state index >= 15 is 0 Å². The van der Waals surface area contributed by atoms with E-state index < -0.39 is 10.0 Å². The molecule has 1 fully saturated rings. The second kappa shape index (κ2) is 6.40. The molecule has 0 radical (unpaired) electrons. The summed E-state index contributed by atoms with van der Waals surface area (Å²) in [5.74, 6) is 0.767. The lowest BCUT2D eigenvalue weighted by Crippen LogP contribution is -2.31. The van der Waals surface area contributed by atoms with Crippen LogP contribution in [0.3, 0.4) is 0 Å². The number of aromatic nitrogens is 1. The molecule has 1 atom stereocenters. The Balaban J connectivity index is 1.97. The highest BCUT2D eigenvalue weighted by Crippen LogP contribution is 2.16. The number of nitrogens with zero attached hydrogens (tertiary/aromatic N) is 2. The molecule has 1 aliphatic heterocycles. The fourth-order valence-electron chi connectivity index (χ4n) is 2.28. The molecule has 8 heteroatoms. The Hall–Kier alpha value is -1.67. The molecule has 1 unspecified atom stereocenters. The van der Waals surface area contributed by atoms with Gasteiger partial charge in [0.15, 0.2) is 0 Å². The summed E-state index contributed by atoms with van der Waals surface area (Å²) in [6.45, 7) is 3.26. The van der Waals surface area contributed by atoms with E-state index in [1.54, 1.807) is 6.07 Å². The molecule has 0 bridgehead atoms. The lowest BCUT2D eigenvalue weighted by atomic mass is 10.2. The third-order valence-corrected chi connectivity index (χ3v) is 4.91. The molecule has 0 aliphatic carbocycles. The van der Waals surface area contributed by atoms with Crippen LogP contribution in [0, 0.1) is 0 Å². The normalized spacial score (nSPS) is 18.8. The van der Waals surface area contributed by atoms with Gasteiger partial charge in [-0.25, -0.2) is 18.1 Å². The molecule has 7 nitrogen and oxygen atoms in total. The van der Waals surface area contributed by atoms with E-state index in [0.29, 0.717) is 18.8 Å². The zero-order chi connectivity index (χ0) is 15.5. The molecular formula is C13H20N4O3S. The second-order valence-corrected chi connectivity index (χ2v) is 6.80. The summed E-state index contributed by atoms with van der Waals surface area (Å²) in [6.07, 6.45) is 2.70. The molecule has 1 saturated heterocycles. The zero-order valence-corrected chi connectivity index (χ0v) is 13.0. The van der Waals surface area contributed by atoms with Gasteiger partial charge in [0.25, 0.3) is 0 Å². The van der Waals surface area contributed by atoms with Crippen LogP contribution in [0.4, 0.5) is 5.82 Å². The van der Waals surface area contributed by atoms with E-state index in [1.807, 2.05) is 11.8 Å². The van der Waals surface area contributed by atoms with Gasteiger partial charge >= 0.3 is 0 Å². The Morgan fingerprint density at radius 2 is 2.24 bits per heavy atom. The number of hydrogen-bond donors (Lipinski definition) is 2. The SMILES string of the molecule is CCC(=O)N1CCC(Nc2ccc(S(=O)(=O)NC)cn2)C1. The third kappa shape index (κ3) is 3.70. The van der Waals surface area contributed by atoms with E-state index in [-0.39, 0.29) is 16.8 Å². The van der Waals surface area contributed by atoms with Crippen molar-refractivity contribution in [2.45, 2.75) is 30.7 Å². The van der Waals surface area contributed by atoms with Crippen LogP contribution in [0.2, 0.25) is 0 Å². The molecule has 1 aromatic heterocycles. The van der Waals surface area contributed by atoms with Gasteiger partial charge < -0.3 is 10.2 Å². The first-order valence-electron chi connectivity index (χ1n) is 6.90. The summed E-state index contributed by atoms with van der Waals surface area (Å²) in [6, 6.07) is 3.29. The van der Waals surface area contributed by atoms with Crippen LogP contribution < -0.4 is 10.0 Å². The molecule has 2 N–H and O–H groups in total. The largest absolute Gasteiger partial charge is 0.365 e. The van der Waals surface area contributed by atoms with E-state index in [4.69, 9.17) is 0 Å². The number of amides is 1. The lowest BCUT2D eigenvalue weighted by Gasteiger charge is -2.16. The second-order valence-electron chi connectivity index (χ2n) is 4.91. The van der Waals surface area contributed by atoms with Crippen molar-refractivity contribution in [1.29, 1.82) is 0 Å². The monoisotopic (exact) mass is 312 g/mol. The quantitative estimate of drug-likeness (QED) is 0.822. The van der Waals surface area contributed by atoms with Gasteiger partial charge in [0.2, 0.25) is 15.9 Å². The van der Waals surface area contributed by atoms with Crippen molar-refractivity contribution in [3.63, 3.8) is 0 Å². The number of carbonyl (C=O) groups is 1. The standard InChI is InChI=1S/C13H20N4O3S/c1-3-13(18)17-7-6-10(9-17)16-12-5-4-11(8-15-12)21(19,20)14-2/h4-5,8,10,14H,3,6-7,9H2,1-2H3,(H,15,16). The van der Waals surface area contributed by atoms with Crippen molar-refractivity contribution in [3.8, 4) is 0 Å². The van der Waals surface area contributed by atoms with Crippen molar-refractivity contribution < 1.29 is 13.2 Å². The van der Waals surface area contributed by atoms with Crippen molar-refractivity contribution in [2.24, 2.45) is 0 Å². The van der Waals surface area contributed by atoms with Gasteiger partial charge in [0, 0.05) is 31.7 Å². The molecule has 1 amide bonds. The lowest BCUT2D eigenvalue weighted by molar-refractivity contribution is -0.129. The fraction of sp³-hybridized carbons (Fsp3) is 0.538. The minimum atomic E-state index is -3.46. The molecular weight excluding hydrogens is 292 g/mol. The first-order chi connectivity index (χ1) is 9.96. The predicted molar refractivity (Wildman–Crippen MR) is 79.4 cm³/mol. The summed E-state index contributed by atoms with van der Waals surface area (Å²) < 4.78 is 25.4. The number of hydrogen-bond acceptors (Lipinski definition) is 5. The van der Waals surface area contributed by atoms with Gasteiger partial charge in [-0.05, 0) is 25.6 Å². The number of rotatable bonds is 5. The van der Waals surface area contributed by atoms with Gasteiger partial charge in [0.05, 0.1) is 0 Å². The van der Waals surface area contributed by atoms with Gasteiger partial charge in [-0.2, -0.15) is 0 Å². The van der Waals surface area contributed by atoms with Gasteiger partial charge in [-0.15, -0.1) is 0 Å². The predicted octanol–water partition coefficient (Wildman–Crippen LogP) is 0.413. The van der Waals surface area contributed by atoms with Gasteiger partial charge in [-0.3, -0.25) is 4.79 Å².